The molecule has 0 bridgehead atoms. The molecule has 218 valence electrons. The fourth-order valence-electron chi connectivity index (χ4n) is 7.69. The fourth-order valence-corrected chi connectivity index (χ4v) is 7.69. The Morgan fingerprint density at radius 2 is 0.787 bits per heavy atom. The van der Waals surface area contributed by atoms with E-state index in [1.54, 1.807) is 0 Å². The number of hydrogen-bond donors (Lipinski definition) is 0. The van der Waals surface area contributed by atoms with Crippen LogP contribution < -0.4 is 0 Å². The van der Waals surface area contributed by atoms with Gasteiger partial charge in [0, 0.05) is 10.8 Å². The van der Waals surface area contributed by atoms with E-state index in [1.807, 2.05) is 0 Å². The van der Waals surface area contributed by atoms with Crippen LogP contribution in [0.2, 0.25) is 0 Å². The van der Waals surface area contributed by atoms with Crippen LogP contribution >= 0.6 is 0 Å². The first-order chi connectivity index (χ1) is 23.3. The molecule has 0 N–H and O–H groups in total. The van der Waals surface area contributed by atoms with Crippen LogP contribution in [0.25, 0.3) is 98.4 Å². The van der Waals surface area contributed by atoms with E-state index in [1.165, 1.54) is 76.5 Å². The van der Waals surface area contributed by atoms with Gasteiger partial charge in [-0.15, -0.1) is 0 Å². The van der Waals surface area contributed by atoms with Crippen LogP contribution in [-0.4, -0.2) is 0 Å². The molecular weight excluding hydrogens is 569 g/mol. The van der Waals surface area contributed by atoms with Crippen LogP contribution in [0.1, 0.15) is 0 Å². The molecule has 47 heavy (non-hydrogen) atoms. The average Bonchev–Trinajstić information content (AvgIpc) is 3.49. The maximum Gasteiger partial charge on any atom is 0.136 e. The Kier molecular flexibility index (Phi) is 5.64. The van der Waals surface area contributed by atoms with E-state index in [2.05, 4.69) is 170 Å². The quantitative estimate of drug-likeness (QED) is 0.185. The number of rotatable bonds is 3. The maximum absolute atomic E-state index is 6.38. The molecule has 10 aromatic rings. The zero-order valence-corrected chi connectivity index (χ0v) is 25.6. The molecule has 0 amide bonds. The zero-order valence-electron chi connectivity index (χ0n) is 25.6. The van der Waals surface area contributed by atoms with Crippen LogP contribution in [0.3, 0.4) is 0 Å². The van der Waals surface area contributed by atoms with Crippen molar-refractivity contribution < 1.29 is 4.42 Å². The van der Waals surface area contributed by atoms with Gasteiger partial charge in [-0.3, -0.25) is 0 Å². The van der Waals surface area contributed by atoms with Gasteiger partial charge in [0.2, 0.25) is 0 Å². The molecule has 0 radical (unpaired) electrons. The van der Waals surface area contributed by atoms with Crippen molar-refractivity contribution in [1.82, 2.24) is 0 Å². The number of hydrogen-bond acceptors (Lipinski definition) is 1. The Morgan fingerprint density at radius 1 is 0.277 bits per heavy atom. The molecule has 0 aliphatic heterocycles. The lowest BCUT2D eigenvalue weighted by Gasteiger charge is -2.18. The summed E-state index contributed by atoms with van der Waals surface area (Å²) in [6.07, 6.45) is 0. The fraction of sp³-hybridized carbons (Fsp3) is 0. The average molecular weight is 597 g/mol. The lowest BCUT2D eigenvalue weighted by atomic mass is 9.85. The van der Waals surface area contributed by atoms with Gasteiger partial charge in [0.1, 0.15) is 11.2 Å². The van der Waals surface area contributed by atoms with E-state index < -0.39 is 0 Å². The first-order valence-corrected chi connectivity index (χ1v) is 16.2. The standard InChI is InChI=1S/C46H28O/c1-2-13-31-28-44-42(26-30(31)12-1)41-27-34(23-24-43(41)47-44)46-39-20-7-5-18-37(39)45(38-19-6-8-21-40(38)46)33-16-9-15-32(25-33)36-22-10-14-29-11-3-4-17-35(29)36/h1-28H. The highest BCUT2D eigenvalue weighted by Crippen LogP contribution is 2.45. The molecule has 1 aromatic heterocycles. The molecule has 0 saturated heterocycles. The van der Waals surface area contributed by atoms with Crippen LogP contribution in [-0.2, 0) is 0 Å². The van der Waals surface area contributed by atoms with Crippen molar-refractivity contribution >= 4 is 65.0 Å². The van der Waals surface area contributed by atoms with Gasteiger partial charge in [-0.2, -0.15) is 0 Å². The molecule has 0 unspecified atom stereocenters. The van der Waals surface area contributed by atoms with Crippen molar-refractivity contribution in [2.24, 2.45) is 0 Å². The topological polar surface area (TPSA) is 13.1 Å². The van der Waals surface area contributed by atoms with Gasteiger partial charge >= 0.3 is 0 Å². The third kappa shape index (κ3) is 4.03. The van der Waals surface area contributed by atoms with Gasteiger partial charge in [-0.1, -0.05) is 140 Å². The predicted octanol–water partition coefficient (Wildman–Crippen LogP) is 13.2. The Bertz CT molecular complexity index is 2790. The van der Waals surface area contributed by atoms with Crippen LogP contribution in [0.4, 0.5) is 0 Å². The van der Waals surface area contributed by atoms with Gasteiger partial charge < -0.3 is 4.42 Å². The summed E-state index contributed by atoms with van der Waals surface area (Å²) in [5.74, 6) is 0. The van der Waals surface area contributed by atoms with Gasteiger partial charge in [0.15, 0.2) is 0 Å². The van der Waals surface area contributed by atoms with Crippen molar-refractivity contribution in [1.29, 1.82) is 0 Å². The summed E-state index contributed by atoms with van der Waals surface area (Å²) in [6, 6.07) is 61.7. The molecule has 1 heterocycles. The lowest BCUT2D eigenvalue weighted by molar-refractivity contribution is 0.669. The molecule has 0 aliphatic carbocycles. The van der Waals surface area contributed by atoms with Crippen molar-refractivity contribution in [3.63, 3.8) is 0 Å². The number of furan rings is 1. The van der Waals surface area contributed by atoms with Gasteiger partial charge in [0.05, 0.1) is 0 Å². The molecule has 0 aliphatic rings. The molecule has 1 nitrogen and oxygen atoms in total. The van der Waals surface area contributed by atoms with E-state index in [-0.39, 0.29) is 0 Å². The van der Waals surface area contributed by atoms with Gasteiger partial charge in [0.25, 0.3) is 0 Å². The maximum atomic E-state index is 6.38. The third-order valence-electron chi connectivity index (χ3n) is 9.81. The summed E-state index contributed by atoms with van der Waals surface area (Å²) < 4.78 is 6.38. The molecule has 0 spiro atoms. The number of fused-ring (bicyclic) bond motifs is 7. The van der Waals surface area contributed by atoms with Crippen LogP contribution in [0, 0.1) is 0 Å². The first kappa shape index (κ1) is 26.1. The van der Waals surface area contributed by atoms with Crippen molar-refractivity contribution in [2.75, 3.05) is 0 Å². The predicted molar refractivity (Wildman–Crippen MR) is 200 cm³/mol. The third-order valence-corrected chi connectivity index (χ3v) is 9.81. The Balaban J connectivity index is 1.23. The van der Waals surface area contributed by atoms with E-state index in [4.69, 9.17) is 4.42 Å². The van der Waals surface area contributed by atoms with Gasteiger partial charge in [-0.25, -0.2) is 0 Å². The molecule has 1 heteroatoms. The molecule has 10 rings (SSSR count). The summed E-state index contributed by atoms with van der Waals surface area (Å²) >= 11 is 0. The highest BCUT2D eigenvalue weighted by molar-refractivity contribution is 6.22. The summed E-state index contributed by atoms with van der Waals surface area (Å²) in [4.78, 5) is 0. The SMILES string of the molecule is c1cc(-c2cccc3ccccc23)cc(-c2c3ccccc3c(-c3ccc4oc5cc6ccccc6cc5c4c3)c3ccccc23)c1. The second-order valence-corrected chi connectivity index (χ2v) is 12.5. The Hall–Kier alpha value is -6.18. The molecule has 0 saturated carbocycles. The second kappa shape index (κ2) is 10.2. The van der Waals surface area contributed by atoms with E-state index in [9.17, 15) is 0 Å². The van der Waals surface area contributed by atoms with E-state index >= 15 is 0 Å². The van der Waals surface area contributed by atoms with Crippen molar-refractivity contribution in [2.45, 2.75) is 0 Å². The monoisotopic (exact) mass is 596 g/mol. The molecular formula is C46H28O. The Morgan fingerprint density at radius 3 is 1.49 bits per heavy atom. The first-order valence-electron chi connectivity index (χ1n) is 16.2. The summed E-state index contributed by atoms with van der Waals surface area (Å²) in [6.45, 7) is 0. The number of benzene rings is 9. The van der Waals surface area contributed by atoms with E-state index in [0.29, 0.717) is 0 Å². The van der Waals surface area contributed by atoms with Crippen molar-refractivity contribution in [3.8, 4) is 33.4 Å². The highest BCUT2D eigenvalue weighted by Gasteiger charge is 2.18. The highest BCUT2D eigenvalue weighted by atomic mass is 16.3. The van der Waals surface area contributed by atoms with Crippen LogP contribution in [0.5, 0.6) is 0 Å². The second-order valence-electron chi connectivity index (χ2n) is 12.5. The van der Waals surface area contributed by atoms with E-state index in [0.717, 1.165) is 21.9 Å². The molecule has 0 atom stereocenters. The largest absolute Gasteiger partial charge is 0.456 e. The van der Waals surface area contributed by atoms with Crippen LogP contribution in [0.15, 0.2) is 174 Å². The minimum atomic E-state index is 0.912. The normalized spacial score (nSPS) is 11.8. The molecule has 9 aromatic carbocycles. The Labute approximate surface area is 271 Å². The molecule has 0 fully saturated rings. The summed E-state index contributed by atoms with van der Waals surface area (Å²) in [7, 11) is 0. The smallest absolute Gasteiger partial charge is 0.136 e. The summed E-state index contributed by atoms with van der Waals surface area (Å²) in [5.41, 5.74) is 9.24. The van der Waals surface area contributed by atoms with Crippen molar-refractivity contribution in [3.05, 3.63) is 170 Å². The summed E-state index contributed by atoms with van der Waals surface area (Å²) in [5, 5.41) is 12.2. The van der Waals surface area contributed by atoms with Gasteiger partial charge in [-0.05, 0) is 107 Å². The zero-order chi connectivity index (χ0) is 30.9. The lowest BCUT2D eigenvalue weighted by Crippen LogP contribution is -1.91. The minimum absolute atomic E-state index is 0.912. The minimum Gasteiger partial charge on any atom is -0.456 e.